The Morgan fingerprint density at radius 3 is 2.37 bits per heavy atom. The van der Waals surface area contributed by atoms with E-state index in [1.807, 2.05) is 6.92 Å². The highest BCUT2D eigenvalue weighted by Crippen LogP contribution is 2.17. The molecular formula is C24H28N2O8S. The lowest BCUT2D eigenvalue weighted by Crippen LogP contribution is -2.45. The molecule has 3 rings (SSSR count). The number of benzene rings is 2. The van der Waals surface area contributed by atoms with Crippen LogP contribution in [0.2, 0.25) is 0 Å². The summed E-state index contributed by atoms with van der Waals surface area (Å²) in [5.41, 5.74) is 1.46. The molecular weight excluding hydrogens is 476 g/mol. The fraction of sp³-hybridized carbons (Fsp3) is 0.375. The smallest absolute Gasteiger partial charge is 0.343 e. The SMILES string of the molecule is COC(=O)COc1ccc(C[C@H](NS(=O)(=O)c2ccc(C)cc2)C(=O)OC(=O)[C@@H]2CCCN2)cc1. The van der Waals surface area contributed by atoms with Crippen LogP contribution in [0, 0.1) is 6.92 Å². The number of aryl methyl sites for hydroxylation is 1. The largest absolute Gasteiger partial charge is 0.482 e. The molecule has 2 atom stereocenters. The lowest BCUT2D eigenvalue weighted by Gasteiger charge is -2.19. The van der Waals surface area contributed by atoms with Gasteiger partial charge in [0.25, 0.3) is 0 Å². The van der Waals surface area contributed by atoms with Crippen LogP contribution in [-0.4, -0.2) is 58.7 Å². The van der Waals surface area contributed by atoms with E-state index in [9.17, 15) is 22.8 Å². The van der Waals surface area contributed by atoms with Gasteiger partial charge in [-0.3, -0.25) is 0 Å². The van der Waals surface area contributed by atoms with Gasteiger partial charge in [0.2, 0.25) is 10.0 Å². The fourth-order valence-electron chi connectivity index (χ4n) is 3.43. The fourth-order valence-corrected chi connectivity index (χ4v) is 4.62. The molecule has 188 valence electrons. The van der Waals surface area contributed by atoms with Crippen molar-refractivity contribution >= 4 is 27.9 Å². The monoisotopic (exact) mass is 504 g/mol. The van der Waals surface area contributed by atoms with E-state index in [4.69, 9.17) is 9.47 Å². The summed E-state index contributed by atoms with van der Waals surface area (Å²) in [6, 6.07) is 10.6. The molecule has 11 heteroatoms. The number of hydrogen-bond donors (Lipinski definition) is 2. The van der Waals surface area contributed by atoms with Gasteiger partial charge in [-0.15, -0.1) is 0 Å². The number of methoxy groups -OCH3 is 1. The van der Waals surface area contributed by atoms with Gasteiger partial charge in [0.15, 0.2) is 6.61 Å². The van der Waals surface area contributed by atoms with Gasteiger partial charge in [0.05, 0.1) is 12.0 Å². The molecule has 1 aliphatic heterocycles. The summed E-state index contributed by atoms with van der Waals surface area (Å²) < 4.78 is 43.1. The molecule has 1 fully saturated rings. The van der Waals surface area contributed by atoms with E-state index < -0.39 is 40.0 Å². The van der Waals surface area contributed by atoms with Crippen LogP contribution in [0.15, 0.2) is 53.4 Å². The minimum atomic E-state index is -4.08. The van der Waals surface area contributed by atoms with Crippen molar-refractivity contribution in [1.29, 1.82) is 0 Å². The molecule has 1 heterocycles. The van der Waals surface area contributed by atoms with E-state index in [0.717, 1.165) is 12.0 Å². The van der Waals surface area contributed by atoms with Crippen molar-refractivity contribution in [3.63, 3.8) is 0 Å². The molecule has 0 radical (unpaired) electrons. The summed E-state index contributed by atoms with van der Waals surface area (Å²) in [7, 11) is -2.83. The average molecular weight is 505 g/mol. The third-order valence-corrected chi connectivity index (χ3v) is 6.89. The Bertz CT molecular complexity index is 1140. The summed E-state index contributed by atoms with van der Waals surface area (Å²) in [5, 5.41) is 2.95. The maximum absolute atomic E-state index is 12.9. The van der Waals surface area contributed by atoms with Gasteiger partial charge in [0.1, 0.15) is 17.8 Å². The lowest BCUT2D eigenvalue weighted by molar-refractivity contribution is -0.162. The molecule has 0 bridgehead atoms. The van der Waals surface area contributed by atoms with Gasteiger partial charge in [-0.25, -0.2) is 22.8 Å². The zero-order chi connectivity index (χ0) is 25.4. The summed E-state index contributed by atoms with van der Waals surface area (Å²) in [5.74, 6) is -1.88. The van der Waals surface area contributed by atoms with E-state index >= 15 is 0 Å². The van der Waals surface area contributed by atoms with Crippen molar-refractivity contribution in [2.24, 2.45) is 0 Å². The zero-order valence-corrected chi connectivity index (χ0v) is 20.3. The van der Waals surface area contributed by atoms with E-state index in [2.05, 4.69) is 14.8 Å². The van der Waals surface area contributed by atoms with E-state index in [1.54, 1.807) is 36.4 Å². The first kappa shape index (κ1) is 26.3. The highest BCUT2D eigenvalue weighted by molar-refractivity contribution is 7.89. The van der Waals surface area contributed by atoms with Crippen LogP contribution in [-0.2, 0) is 40.3 Å². The predicted octanol–water partition coefficient (Wildman–Crippen LogP) is 1.26. The Morgan fingerprint density at radius 2 is 1.77 bits per heavy atom. The number of hydrogen-bond acceptors (Lipinski definition) is 9. The van der Waals surface area contributed by atoms with Crippen LogP contribution in [0.1, 0.15) is 24.0 Å². The number of carbonyl (C=O) groups excluding carboxylic acids is 3. The van der Waals surface area contributed by atoms with Gasteiger partial charge in [-0.2, -0.15) is 4.72 Å². The Hall–Kier alpha value is -3.28. The molecule has 1 aliphatic rings. The minimum Gasteiger partial charge on any atom is -0.482 e. The summed E-state index contributed by atoms with van der Waals surface area (Å²) >= 11 is 0. The van der Waals surface area contributed by atoms with Gasteiger partial charge in [-0.05, 0) is 62.6 Å². The molecule has 2 aromatic carbocycles. The molecule has 0 aliphatic carbocycles. The normalized spacial score (nSPS) is 16.3. The van der Waals surface area contributed by atoms with E-state index in [-0.39, 0.29) is 17.9 Å². The van der Waals surface area contributed by atoms with Gasteiger partial charge in [0, 0.05) is 0 Å². The average Bonchev–Trinajstić information content (AvgIpc) is 3.38. The minimum absolute atomic E-state index is 0.0174. The molecule has 2 N–H and O–H groups in total. The number of rotatable bonds is 10. The molecule has 1 saturated heterocycles. The first-order valence-corrected chi connectivity index (χ1v) is 12.5. The molecule has 10 nitrogen and oxygen atoms in total. The van der Waals surface area contributed by atoms with E-state index in [1.165, 1.54) is 19.2 Å². The van der Waals surface area contributed by atoms with Crippen LogP contribution >= 0.6 is 0 Å². The number of ether oxygens (including phenoxy) is 3. The Kier molecular flexibility index (Phi) is 8.96. The summed E-state index contributed by atoms with van der Waals surface area (Å²) in [6.45, 7) is 2.20. The van der Waals surface area contributed by atoms with Crippen LogP contribution in [0.3, 0.4) is 0 Å². The molecule has 2 aromatic rings. The second-order valence-corrected chi connectivity index (χ2v) is 9.80. The van der Waals surface area contributed by atoms with E-state index in [0.29, 0.717) is 24.3 Å². The van der Waals surface area contributed by atoms with Crippen molar-refractivity contribution in [3.8, 4) is 5.75 Å². The Labute approximate surface area is 204 Å². The standard InChI is InChI=1S/C24H28N2O8S/c1-16-5-11-19(12-6-16)35(30,31)26-21(24(29)34-23(28)20-4-3-13-25-20)14-17-7-9-18(10-8-17)33-15-22(27)32-2/h5-12,20-21,25-26H,3-4,13-15H2,1-2H3/t20-,21-/m0/s1. The Balaban J connectivity index is 1.76. The van der Waals surface area contributed by atoms with Crippen LogP contribution in [0.4, 0.5) is 0 Å². The van der Waals surface area contributed by atoms with Crippen LogP contribution in [0.5, 0.6) is 5.75 Å². The molecule has 0 unspecified atom stereocenters. The molecule has 0 spiro atoms. The lowest BCUT2D eigenvalue weighted by atomic mass is 10.1. The second-order valence-electron chi connectivity index (χ2n) is 8.09. The maximum atomic E-state index is 12.9. The third kappa shape index (κ3) is 7.61. The van der Waals surface area contributed by atoms with Gasteiger partial charge in [-0.1, -0.05) is 29.8 Å². The van der Waals surface area contributed by atoms with Crippen LogP contribution in [0.25, 0.3) is 0 Å². The quantitative estimate of drug-likeness (QED) is 0.362. The van der Waals surface area contributed by atoms with Crippen molar-refractivity contribution in [2.75, 3.05) is 20.3 Å². The third-order valence-electron chi connectivity index (χ3n) is 5.41. The maximum Gasteiger partial charge on any atom is 0.343 e. The molecule has 0 amide bonds. The number of sulfonamides is 1. The first-order chi connectivity index (χ1) is 16.7. The number of nitrogens with one attached hydrogen (secondary N) is 2. The second kappa shape index (κ2) is 11.9. The molecule has 35 heavy (non-hydrogen) atoms. The molecule has 0 saturated carbocycles. The highest BCUT2D eigenvalue weighted by Gasteiger charge is 2.32. The van der Waals surface area contributed by atoms with Gasteiger partial charge < -0.3 is 19.5 Å². The van der Waals surface area contributed by atoms with Crippen LogP contribution < -0.4 is 14.8 Å². The predicted molar refractivity (Wildman–Crippen MR) is 125 cm³/mol. The van der Waals surface area contributed by atoms with Crippen molar-refractivity contribution in [1.82, 2.24) is 10.0 Å². The summed E-state index contributed by atoms with van der Waals surface area (Å²) in [6.07, 6.45) is 1.24. The molecule has 0 aromatic heterocycles. The van der Waals surface area contributed by atoms with Crippen molar-refractivity contribution in [3.05, 3.63) is 59.7 Å². The van der Waals surface area contributed by atoms with Crippen molar-refractivity contribution in [2.45, 2.75) is 43.2 Å². The summed E-state index contributed by atoms with van der Waals surface area (Å²) in [4.78, 5) is 36.4. The number of esters is 3. The first-order valence-electron chi connectivity index (χ1n) is 11.0. The zero-order valence-electron chi connectivity index (χ0n) is 19.5. The Morgan fingerprint density at radius 1 is 1.09 bits per heavy atom. The number of carbonyl (C=O) groups is 3. The topological polar surface area (TPSA) is 137 Å². The van der Waals surface area contributed by atoms with Gasteiger partial charge >= 0.3 is 17.9 Å². The van der Waals surface area contributed by atoms with Crippen molar-refractivity contribution < 1.29 is 37.0 Å². The highest BCUT2D eigenvalue weighted by atomic mass is 32.2.